The van der Waals surface area contributed by atoms with Crippen molar-refractivity contribution in [3.63, 3.8) is 0 Å². The predicted molar refractivity (Wildman–Crippen MR) is 128 cm³/mol. The Hall–Kier alpha value is -2.56. The Balaban J connectivity index is 1.48. The smallest absolute Gasteiger partial charge is 0.234 e. The molecule has 10 heteroatoms. The molecular weight excluding hydrogens is 448 g/mol. The van der Waals surface area contributed by atoms with Crippen LogP contribution in [0.3, 0.4) is 0 Å². The molecule has 0 spiro atoms. The number of hydrogen-bond donors (Lipinski definition) is 2. The van der Waals surface area contributed by atoms with Crippen LogP contribution in [0.25, 0.3) is 10.2 Å². The van der Waals surface area contributed by atoms with E-state index in [2.05, 4.69) is 29.1 Å². The number of nitrogens with two attached hydrogens (primary N) is 1. The SMILES string of the molecule is CC[C@]1(C)Cc2c(sc3nc(SCC(=O)Nc4ccc(OC)cc4OC)nc(N)c23)CO1. The van der Waals surface area contributed by atoms with Gasteiger partial charge in [0.15, 0.2) is 5.16 Å². The van der Waals surface area contributed by atoms with Crippen LogP contribution >= 0.6 is 23.1 Å². The monoisotopic (exact) mass is 474 g/mol. The summed E-state index contributed by atoms with van der Waals surface area (Å²) in [6, 6.07) is 5.21. The summed E-state index contributed by atoms with van der Waals surface area (Å²) in [5.74, 6) is 1.57. The Labute approximate surface area is 194 Å². The van der Waals surface area contributed by atoms with Crippen LogP contribution in [0, 0.1) is 0 Å². The van der Waals surface area contributed by atoms with E-state index in [9.17, 15) is 4.79 Å². The molecule has 1 atom stereocenters. The standard InChI is InChI=1S/C22H26N4O4S2/c1-5-22(2)9-13-16(10-30-22)32-20-18(13)19(23)25-21(26-20)31-11-17(27)24-14-7-6-12(28-3)8-15(14)29-4/h6-8H,5,9-11H2,1-4H3,(H,24,27)(H2,23,25,26)/t22-/m1/s1. The van der Waals surface area contributed by atoms with Gasteiger partial charge in [0, 0.05) is 17.4 Å². The van der Waals surface area contributed by atoms with Crippen LogP contribution in [0.1, 0.15) is 30.7 Å². The van der Waals surface area contributed by atoms with Crippen molar-refractivity contribution in [3.05, 3.63) is 28.6 Å². The van der Waals surface area contributed by atoms with Gasteiger partial charge >= 0.3 is 0 Å². The molecule has 3 heterocycles. The fraction of sp³-hybridized carbons (Fsp3) is 0.409. The minimum absolute atomic E-state index is 0.141. The molecule has 1 aliphatic heterocycles. The topological polar surface area (TPSA) is 109 Å². The molecular formula is C22H26N4O4S2. The van der Waals surface area contributed by atoms with Gasteiger partial charge in [-0.1, -0.05) is 18.7 Å². The highest BCUT2D eigenvalue weighted by molar-refractivity contribution is 7.99. The fourth-order valence-electron chi connectivity index (χ4n) is 3.59. The van der Waals surface area contributed by atoms with E-state index < -0.39 is 0 Å². The number of nitrogens with one attached hydrogen (secondary N) is 1. The molecule has 32 heavy (non-hydrogen) atoms. The lowest BCUT2D eigenvalue weighted by atomic mass is 9.90. The van der Waals surface area contributed by atoms with Crippen molar-refractivity contribution < 1.29 is 19.0 Å². The average Bonchev–Trinajstić information content (AvgIpc) is 3.15. The number of thioether (sulfide) groups is 1. The van der Waals surface area contributed by atoms with E-state index in [0.717, 1.165) is 27.9 Å². The molecule has 0 saturated heterocycles. The maximum Gasteiger partial charge on any atom is 0.234 e. The van der Waals surface area contributed by atoms with Gasteiger partial charge in [-0.15, -0.1) is 11.3 Å². The molecule has 8 nitrogen and oxygen atoms in total. The molecule has 170 valence electrons. The summed E-state index contributed by atoms with van der Waals surface area (Å²) in [7, 11) is 3.12. The van der Waals surface area contributed by atoms with Crippen molar-refractivity contribution in [2.75, 3.05) is 31.0 Å². The minimum Gasteiger partial charge on any atom is -0.497 e. The average molecular weight is 475 g/mol. The number of hydrogen-bond acceptors (Lipinski definition) is 9. The van der Waals surface area contributed by atoms with Crippen molar-refractivity contribution in [3.8, 4) is 11.5 Å². The number of carbonyl (C=O) groups excluding carboxylic acids is 1. The highest BCUT2D eigenvalue weighted by Crippen LogP contribution is 2.41. The number of methoxy groups -OCH3 is 2. The third kappa shape index (κ3) is 4.48. The fourth-order valence-corrected chi connectivity index (χ4v) is 5.41. The zero-order valence-corrected chi connectivity index (χ0v) is 20.1. The Bertz CT molecular complexity index is 1170. The summed E-state index contributed by atoms with van der Waals surface area (Å²) in [6.07, 6.45) is 1.72. The lowest BCUT2D eigenvalue weighted by Crippen LogP contribution is -2.33. The van der Waals surface area contributed by atoms with E-state index in [4.69, 9.17) is 19.9 Å². The Morgan fingerprint density at radius 1 is 1.34 bits per heavy atom. The van der Waals surface area contributed by atoms with Gasteiger partial charge in [-0.05, 0) is 31.0 Å². The lowest BCUT2D eigenvalue weighted by Gasteiger charge is -2.33. The molecule has 0 radical (unpaired) electrons. The summed E-state index contributed by atoms with van der Waals surface area (Å²) < 4.78 is 16.6. The van der Waals surface area contributed by atoms with Gasteiger partial charge in [0.25, 0.3) is 0 Å². The molecule has 0 bridgehead atoms. The summed E-state index contributed by atoms with van der Waals surface area (Å²) in [5.41, 5.74) is 7.89. The molecule has 0 fully saturated rings. The van der Waals surface area contributed by atoms with Gasteiger partial charge in [0.05, 0.1) is 43.3 Å². The number of nitrogen functional groups attached to an aromatic ring is 1. The van der Waals surface area contributed by atoms with E-state index in [0.29, 0.717) is 34.8 Å². The molecule has 3 aromatic rings. The number of thiophene rings is 1. The van der Waals surface area contributed by atoms with E-state index in [1.165, 1.54) is 17.3 Å². The summed E-state index contributed by atoms with van der Waals surface area (Å²) in [4.78, 5) is 23.6. The summed E-state index contributed by atoms with van der Waals surface area (Å²) in [5, 5.41) is 4.25. The van der Waals surface area contributed by atoms with Crippen LogP contribution in [-0.4, -0.2) is 41.4 Å². The van der Waals surface area contributed by atoms with E-state index in [1.54, 1.807) is 43.8 Å². The number of carbonyl (C=O) groups is 1. The van der Waals surface area contributed by atoms with Crippen LogP contribution in [0.5, 0.6) is 11.5 Å². The highest BCUT2D eigenvalue weighted by atomic mass is 32.2. The van der Waals surface area contributed by atoms with Crippen LogP contribution in [0.4, 0.5) is 11.5 Å². The minimum atomic E-state index is -0.196. The molecule has 2 aromatic heterocycles. The maximum atomic E-state index is 12.5. The predicted octanol–water partition coefficient (Wildman–Crippen LogP) is 4.26. The second-order valence-electron chi connectivity index (χ2n) is 7.75. The van der Waals surface area contributed by atoms with Gasteiger partial charge in [0.1, 0.15) is 22.1 Å². The zero-order chi connectivity index (χ0) is 22.9. The third-order valence-electron chi connectivity index (χ3n) is 5.61. The number of ether oxygens (including phenoxy) is 3. The van der Waals surface area contributed by atoms with Gasteiger partial charge < -0.3 is 25.3 Å². The maximum absolute atomic E-state index is 12.5. The molecule has 4 rings (SSSR count). The Morgan fingerprint density at radius 2 is 2.16 bits per heavy atom. The van der Waals surface area contributed by atoms with E-state index >= 15 is 0 Å². The number of nitrogens with zero attached hydrogens (tertiary/aromatic N) is 2. The van der Waals surface area contributed by atoms with Gasteiger partial charge in [-0.25, -0.2) is 9.97 Å². The van der Waals surface area contributed by atoms with Gasteiger partial charge in [-0.2, -0.15) is 0 Å². The Morgan fingerprint density at radius 3 is 2.88 bits per heavy atom. The normalized spacial score (nSPS) is 17.8. The number of aromatic nitrogens is 2. The number of rotatable bonds is 7. The first-order valence-electron chi connectivity index (χ1n) is 10.2. The molecule has 1 aromatic carbocycles. The van der Waals surface area contributed by atoms with Crippen LogP contribution in [0.15, 0.2) is 23.4 Å². The molecule has 3 N–H and O–H groups in total. The number of benzene rings is 1. The van der Waals surface area contributed by atoms with Crippen molar-refractivity contribution in [1.29, 1.82) is 0 Å². The first kappa shape index (κ1) is 22.6. The van der Waals surface area contributed by atoms with E-state index in [-0.39, 0.29) is 17.3 Å². The van der Waals surface area contributed by atoms with Crippen LogP contribution in [0.2, 0.25) is 0 Å². The first-order valence-corrected chi connectivity index (χ1v) is 12.0. The van der Waals surface area contributed by atoms with Gasteiger partial charge in [0.2, 0.25) is 5.91 Å². The van der Waals surface area contributed by atoms with Gasteiger partial charge in [-0.3, -0.25) is 4.79 Å². The van der Waals surface area contributed by atoms with Crippen LogP contribution < -0.4 is 20.5 Å². The summed E-state index contributed by atoms with van der Waals surface area (Å²) in [6.45, 7) is 4.81. The second kappa shape index (κ2) is 9.13. The molecule has 0 saturated carbocycles. The second-order valence-corrected chi connectivity index (χ2v) is 9.77. The van der Waals surface area contributed by atoms with Crippen molar-refractivity contribution in [2.45, 2.75) is 44.1 Å². The Kier molecular flexibility index (Phi) is 6.45. The highest BCUT2D eigenvalue weighted by Gasteiger charge is 2.33. The summed E-state index contributed by atoms with van der Waals surface area (Å²) >= 11 is 2.83. The van der Waals surface area contributed by atoms with Crippen molar-refractivity contribution in [2.24, 2.45) is 0 Å². The van der Waals surface area contributed by atoms with Crippen molar-refractivity contribution >= 4 is 50.7 Å². The molecule has 0 aliphatic carbocycles. The van der Waals surface area contributed by atoms with Crippen molar-refractivity contribution in [1.82, 2.24) is 9.97 Å². The lowest BCUT2D eigenvalue weighted by molar-refractivity contribution is -0.113. The number of amides is 1. The third-order valence-corrected chi connectivity index (χ3v) is 7.55. The largest absolute Gasteiger partial charge is 0.497 e. The zero-order valence-electron chi connectivity index (χ0n) is 18.5. The number of fused-ring (bicyclic) bond motifs is 3. The first-order chi connectivity index (χ1) is 15.4. The quantitative estimate of drug-likeness (QED) is 0.386. The molecule has 0 unspecified atom stereocenters. The van der Waals surface area contributed by atoms with E-state index in [1.807, 2.05) is 0 Å². The molecule has 1 amide bonds. The molecule has 1 aliphatic rings. The van der Waals surface area contributed by atoms with Crippen LogP contribution in [-0.2, 0) is 22.6 Å². The number of anilines is 2.